The Morgan fingerprint density at radius 2 is 1.92 bits per heavy atom. The highest BCUT2D eigenvalue weighted by Crippen LogP contribution is 2.34. The van der Waals surface area contributed by atoms with Gasteiger partial charge in [0.05, 0.1) is 20.4 Å². The van der Waals surface area contributed by atoms with E-state index in [2.05, 4.69) is 10.5 Å². The molecule has 1 heterocycles. The Kier molecular flexibility index (Phi) is 5.43. The summed E-state index contributed by atoms with van der Waals surface area (Å²) >= 11 is 0. The summed E-state index contributed by atoms with van der Waals surface area (Å²) < 4.78 is 20.8. The van der Waals surface area contributed by atoms with Crippen molar-refractivity contribution in [1.82, 2.24) is 0 Å². The van der Waals surface area contributed by atoms with Crippen molar-refractivity contribution < 1.29 is 28.6 Å². The quantitative estimate of drug-likeness (QED) is 0.604. The fraction of sp³-hybridized carbons (Fsp3) is 0.222. The van der Waals surface area contributed by atoms with Crippen LogP contribution in [0.4, 0.5) is 5.69 Å². The van der Waals surface area contributed by atoms with Crippen molar-refractivity contribution in [3.8, 4) is 23.0 Å². The van der Waals surface area contributed by atoms with Crippen LogP contribution in [0.25, 0.3) is 0 Å². The van der Waals surface area contributed by atoms with Crippen LogP contribution >= 0.6 is 0 Å². The lowest BCUT2D eigenvalue weighted by Gasteiger charge is -2.07. The van der Waals surface area contributed by atoms with Gasteiger partial charge in [0.2, 0.25) is 6.79 Å². The van der Waals surface area contributed by atoms with E-state index in [1.165, 1.54) is 6.21 Å². The topological polar surface area (TPSA) is 87.6 Å². The van der Waals surface area contributed by atoms with Gasteiger partial charge in [-0.2, -0.15) is 0 Å². The van der Waals surface area contributed by atoms with Gasteiger partial charge in [-0.15, -0.1) is 0 Å². The number of oxime groups is 1. The van der Waals surface area contributed by atoms with Crippen molar-refractivity contribution in [2.45, 2.75) is 0 Å². The molecule has 0 saturated carbocycles. The number of fused-ring (bicyclic) bond motifs is 1. The molecule has 0 bridgehead atoms. The number of carbonyl (C=O) groups is 1. The SMILES string of the molecule is COc1ccc(/C=N\OCC(=O)Nc2ccc3c(c2)OCO3)cc1OC. The molecule has 1 amide bonds. The zero-order valence-electron chi connectivity index (χ0n) is 14.4. The van der Waals surface area contributed by atoms with Gasteiger partial charge < -0.3 is 29.1 Å². The minimum atomic E-state index is -0.340. The summed E-state index contributed by atoms with van der Waals surface area (Å²) in [7, 11) is 3.11. The van der Waals surface area contributed by atoms with Crippen molar-refractivity contribution in [1.29, 1.82) is 0 Å². The normalized spacial score (nSPS) is 12.1. The maximum atomic E-state index is 11.9. The van der Waals surface area contributed by atoms with Gasteiger partial charge in [-0.05, 0) is 30.3 Å². The molecule has 8 nitrogen and oxygen atoms in total. The number of rotatable bonds is 7. The monoisotopic (exact) mass is 358 g/mol. The van der Waals surface area contributed by atoms with E-state index in [4.69, 9.17) is 23.8 Å². The first-order valence-corrected chi connectivity index (χ1v) is 7.76. The molecule has 0 radical (unpaired) electrons. The average Bonchev–Trinajstić information content (AvgIpc) is 3.12. The predicted octanol–water partition coefficient (Wildman–Crippen LogP) is 2.42. The van der Waals surface area contributed by atoms with Crippen LogP contribution in [-0.2, 0) is 9.63 Å². The lowest BCUT2D eigenvalue weighted by molar-refractivity contribution is -0.120. The molecule has 1 aliphatic rings. The second kappa shape index (κ2) is 8.11. The van der Waals surface area contributed by atoms with E-state index in [-0.39, 0.29) is 19.3 Å². The number of hydrogen-bond donors (Lipinski definition) is 1. The standard InChI is InChI=1S/C18H18N2O6/c1-22-14-5-3-12(7-16(14)23-2)9-19-26-10-18(21)20-13-4-6-15-17(8-13)25-11-24-15/h3-9H,10-11H2,1-2H3,(H,20,21)/b19-9-. The molecule has 0 saturated heterocycles. The van der Waals surface area contributed by atoms with Gasteiger partial charge in [0, 0.05) is 17.3 Å². The van der Waals surface area contributed by atoms with Gasteiger partial charge in [0.15, 0.2) is 29.6 Å². The smallest absolute Gasteiger partial charge is 0.265 e. The van der Waals surface area contributed by atoms with Crippen LogP contribution in [0.5, 0.6) is 23.0 Å². The van der Waals surface area contributed by atoms with E-state index in [1.807, 2.05) is 0 Å². The zero-order valence-corrected chi connectivity index (χ0v) is 14.4. The van der Waals surface area contributed by atoms with E-state index >= 15 is 0 Å². The molecular weight excluding hydrogens is 340 g/mol. The average molecular weight is 358 g/mol. The highest BCUT2D eigenvalue weighted by Gasteiger charge is 2.14. The third-order valence-corrected chi connectivity index (χ3v) is 3.54. The molecule has 26 heavy (non-hydrogen) atoms. The van der Waals surface area contributed by atoms with Crippen molar-refractivity contribution in [2.24, 2.45) is 5.16 Å². The van der Waals surface area contributed by atoms with E-state index in [0.29, 0.717) is 28.7 Å². The summed E-state index contributed by atoms with van der Waals surface area (Å²) in [6, 6.07) is 10.4. The summed E-state index contributed by atoms with van der Waals surface area (Å²) in [6.07, 6.45) is 1.48. The molecule has 0 spiro atoms. The lowest BCUT2D eigenvalue weighted by Crippen LogP contribution is -2.16. The van der Waals surface area contributed by atoms with E-state index < -0.39 is 0 Å². The Morgan fingerprint density at radius 3 is 2.73 bits per heavy atom. The molecule has 0 fully saturated rings. The van der Waals surface area contributed by atoms with Gasteiger partial charge >= 0.3 is 0 Å². The zero-order chi connectivity index (χ0) is 18.4. The van der Waals surface area contributed by atoms with Crippen LogP contribution in [0.1, 0.15) is 5.56 Å². The summed E-state index contributed by atoms with van der Waals surface area (Å²) in [5.74, 6) is 2.10. The van der Waals surface area contributed by atoms with Gasteiger partial charge in [-0.3, -0.25) is 4.79 Å². The summed E-state index contributed by atoms with van der Waals surface area (Å²) in [5, 5.41) is 6.48. The van der Waals surface area contributed by atoms with Gasteiger partial charge in [-0.1, -0.05) is 5.16 Å². The third kappa shape index (κ3) is 4.15. The number of carbonyl (C=O) groups excluding carboxylic acids is 1. The minimum absolute atomic E-state index is 0.181. The molecule has 2 aromatic carbocycles. The van der Waals surface area contributed by atoms with E-state index in [9.17, 15) is 4.79 Å². The molecule has 0 aromatic heterocycles. The molecule has 0 aliphatic carbocycles. The number of amides is 1. The fourth-order valence-electron chi connectivity index (χ4n) is 2.30. The molecule has 1 N–H and O–H groups in total. The van der Waals surface area contributed by atoms with Crippen LogP contribution in [0, 0.1) is 0 Å². The molecule has 0 unspecified atom stereocenters. The molecule has 136 valence electrons. The molecular formula is C18H18N2O6. The maximum absolute atomic E-state index is 11.9. The Balaban J connectivity index is 1.49. The second-order valence-electron chi connectivity index (χ2n) is 5.24. The van der Waals surface area contributed by atoms with Crippen molar-refractivity contribution in [2.75, 3.05) is 32.9 Å². The second-order valence-corrected chi connectivity index (χ2v) is 5.24. The molecule has 2 aromatic rings. The number of ether oxygens (including phenoxy) is 4. The first-order valence-electron chi connectivity index (χ1n) is 7.76. The fourth-order valence-corrected chi connectivity index (χ4v) is 2.30. The van der Waals surface area contributed by atoms with Crippen LogP contribution in [-0.4, -0.2) is 39.7 Å². The Hall–Kier alpha value is -3.42. The number of anilines is 1. The van der Waals surface area contributed by atoms with Gasteiger partial charge in [0.25, 0.3) is 5.91 Å². The van der Waals surface area contributed by atoms with E-state index in [0.717, 1.165) is 5.56 Å². The number of nitrogens with zero attached hydrogens (tertiary/aromatic N) is 1. The third-order valence-electron chi connectivity index (χ3n) is 3.54. The summed E-state index contributed by atoms with van der Waals surface area (Å²) in [5.41, 5.74) is 1.34. The van der Waals surface area contributed by atoms with Crippen LogP contribution in [0.15, 0.2) is 41.6 Å². The Labute approximate surface area is 150 Å². The van der Waals surface area contributed by atoms with Gasteiger partial charge in [-0.25, -0.2) is 0 Å². The lowest BCUT2D eigenvalue weighted by atomic mass is 10.2. The Bertz CT molecular complexity index is 821. The highest BCUT2D eigenvalue weighted by atomic mass is 16.7. The maximum Gasteiger partial charge on any atom is 0.265 e. The molecule has 1 aliphatic heterocycles. The molecule has 0 atom stereocenters. The highest BCUT2D eigenvalue weighted by molar-refractivity contribution is 5.92. The number of methoxy groups -OCH3 is 2. The first kappa shape index (κ1) is 17.4. The number of benzene rings is 2. The largest absolute Gasteiger partial charge is 0.493 e. The minimum Gasteiger partial charge on any atom is -0.493 e. The van der Waals surface area contributed by atoms with Crippen LogP contribution in [0.3, 0.4) is 0 Å². The predicted molar refractivity (Wildman–Crippen MR) is 94.3 cm³/mol. The van der Waals surface area contributed by atoms with Gasteiger partial charge in [0.1, 0.15) is 0 Å². The van der Waals surface area contributed by atoms with Crippen LogP contribution < -0.4 is 24.3 Å². The van der Waals surface area contributed by atoms with Crippen molar-refractivity contribution in [3.63, 3.8) is 0 Å². The van der Waals surface area contributed by atoms with Crippen molar-refractivity contribution in [3.05, 3.63) is 42.0 Å². The molecule has 8 heteroatoms. The van der Waals surface area contributed by atoms with E-state index in [1.54, 1.807) is 50.6 Å². The Morgan fingerprint density at radius 1 is 1.12 bits per heavy atom. The first-order chi connectivity index (χ1) is 12.7. The van der Waals surface area contributed by atoms with Crippen LogP contribution in [0.2, 0.25) is 0 Å². The summed E-state index contributed by atoms with van der Waals surface area (Å²) in [4.78, 5) is 16.9. The number of hydrogen-bond acceptors (Lipinski definition) is 7. The number of nitrogens with one attached hydrogen (secondary N) is 1. The van der Waals surface area contributed by atoms with Crippen molar-refractivity contribution >= 4 is 17.8 Å². The summed E-state index contributed by atoms with van der Waals surface area (Å²) in [6.45, 7) is -0.0427. The molecule has 3 rings (SSSR count).